The van der Waals surface area contributed by atoms with Gasteiger partial charge in [0.1, 0.15) is 0 Å². The van der Waals surface area contributed by atoms with Crippen LogP contribution in [0.2, 0.25) is 0 Å². The molecule has 2 N–H and O–H groups in total. The number of rotatable bonds is 31. The molecular weight excluding hydrogens is 628 g/mol. The van der Waals surface area contributed by atoms with E-state index in [2.05, 4.69) is 27.7 Å². The van der Waals surface area contributed by atoms with E-state index < -0.39 is 0 Å². The Kier molecular flexibility index (Phi) is 60.6. The summed E-state index contributed by atoms with van der Waals surface area (Å²) in [6, 6.07) is 0. The molecule has 0 aliphatic rings. The van der Waals surface area contributed by atoms with Gasteiger partial charge in [0.15, 0.2) is 0 Å². The van der Waals surface area contributed by atoms with E-state index in [1.54, 1.807) is 0 Å². The predicted octanol–water partition coefficient (Wildman–Crippen LogP) is 11.3. The number of aliphatic hydroxyl groups excluding tert-OH is 2. The van der Waals surface area contributed by atoms with E-state index in [0.717, 1.165) is 24.7 Å². The summed E-state index contributed by atoms with van der Waals surface area (Å²) in [5.74, 6) is 1.76. The van der Waals surface area contributed by atoms with Crippen molar-refractivity contribution in [1.29, 1.82) is 0 Å². The minimum atomic E-state index is -0.125. The van der Waals surface area contributed by atoms with Gasteiger partial charge in [-0.1, -0.05) is 195 Å². The first kappa shape index (κ1) is 50.8. The molecule has 0 bridgehead atoms. The zero-order valence-corrected chi connectivity index (χ0v) is 32.4. The molecule has 0 aromatic rings. The van der Waals surface area contributed by atoms with Crippen LogP contribution in [0, 0.1) is 11.8 Å². The molecule has 5 nitrogen and oxygen atoms in total. The quantitative estimate of drug-likeness (QED) is 0.0554. The molecule has 0 radical (unpaired) electrons. The normalized spacial score (nSPS) is 10.4. The van der Waals surface area contributed by atoms with Gasteiger partial charge in [0, 0.05) is 0 Å². The molecule has 0 heterocycles. The van der Waals surface area contributed by atoms with Crippen LogP contribution in [-0.4, -0.2) is 36.0 Å². The zero-order chi connectivity index (χ0) is 33.8. The van der Waals surface area contributed by atoms with E-state index in [4.69, 9.17) is 13.0 Å². The van der Waals surface area contributed by atoms with E-state index in [1.807, 2.05) is 12.6 Å². The molecule has 0 aromatic heterocycles. The van der Waals surface area contributed by atoms with Crippen molar-refractivity contribution < 1.29 is 47.3 Å². The van der Waals surface area contributed by atoms with E-state index in [-0.39, 0.29) is 13.2 Å². The van der Waals surface area contributed by atoms with Crippen molar-refractivity contribution in [2.24, 2.45) is 11.8 Å². The maximum absolute atomic E-state index is 10.0. The number of aliphatic hydroxyl groups is 2. The molecule has 0 aliphatic heterocycles. The molecule has 0 amide bonds. The summed E-state index contributed by atoms with van der Waals surface area (Å²) < 4.78 is 8.34. The Morgan fingerprint density at radius 2 is 0.568 bits per heavy atom. The maximum atomic E-state index is 10.0. The van der Waals surface area contributed by atoms with Crippen molar-refractivity contribution in [2.45, 2.75) is 207 Å². The molecular formula is C38H76O5Zr. The van der Waals surface area contributed by atoms with Crippen LogP contribution in [-0.2, 0) is 37.1 Å². The Labute approximate surface area is 291 Å². The van der Waals surface area contributed by atoms with E-state index in [0.29, 0.717) is 37.6 Å². The van der Waals surface area contributed by atoms with E-state index in [1.165, 1.54) is 154 Å². The standard InChI is InChI=1S/2C18H35O.C2H6O2.O.Zr/c2*1-18(2)16-14-12-10-8-6-4-3-5-7-9-11-13-15-17-19;3-1-2-4;;/h2*18H,3-16H2,1-2H3;3-4H,1-2H2;;/q2*-1;;;+2. The Bertz CT molecular complexity index is 446. The fourth-order valence-electron chi connectivity index (χ4n) is 5.04. The molecule has 0 saturated carbocycles. The Hall–Kier alpha value is -0.0569. The SMILES string of the molecule is CC(C)CCCCCCCCCCCCCC[C-]=O.CC(C)CCCCCCCCCCCCCC[C-]=O.OCCO.[O]=[Zr+2]. The Balaban J connectivity index is -0.000000308. The summed E-state index contributed by atoms with van der Waals surface area (Å²) in [5, 5.41) is 15.2. The van der Waals surface area contributed by atoms with E-state index >= 15 is 0 Å². The van der Waals surface area contributed by atoms with Crippen molar-refractivity contribution in [3.63, 3.8) is 0 Å². The molecule has 262 valence electrons. The van der Waals surface area contributed by atoms with Crippen molar-refractivity contribution in [2.75, 3.05) is 13.2 Å². The van der Waals surface area contributed by atoms with Crippen LogP contribution >= 0.6 is 0 Å². The van der Waals surface area contributed by atoms with Crippen LogP contribution in [0.25, 0.3) is 0 Å². The monoisotopic (exact) mass is 702 g/mol. The average molecular weight is 704 g/mol. The van der Waals surface area contributed by atoms with Gasteiger partial charge in [-0.05, 0) is 11.8 Å². The van der Waals surface area contributed by atoms with Crippen molar-refractivity contribution in [1.82, 2.24) is 0 Å². The summed E-state index contributed by atoms with van der Waals surface area (Å²) in [4.78, 5) is 20.0. The van der Waals surface area contributed by atoms with Crippen LogP contribution in [0.4, 0.5) is 0 Å². The molecule has 0 unspecified atom stereocenters. The van der Waals surface area contributed by atoms with Gasteiger partial charge in [-0.3, -0.25) is 12.6 Å². The van der Waals surface area contributed by atoms with Gasteiger partial charge in [0.05, 0.1) is 13.2 Å². The molecule has 0 rings (SSSR count). The molecule has 0 fully saturated rings. The number of hydrogen-bond donors (Lipinski definition) is 2. The van der Waals surface area contributed by atoms with Crippen LogP contribution in [0.3, 0.4) is 0 Å². The number of carbonyl (C=O) groups excluding carboxylic acids is 2. The van der Waals surface area contributed by atoms with Crippen molar-refractivity contribution in [3.8, 4) is 0 Å². The second-order valence-corrected chi connectivity index (χ2v) is 13.1. The topological polar surface area (TPSA) is 91.7 Å². The number of unbranched alkanes of at least 4 members (excludes halogenated alkanes) is 24. The fourth-order valence-corrected chi connectivity index (χ4v) is 5.04. The van der Waals surface area contributed by atoms with Gasteiger partial charge >= 0.3 is 27.5 Å². The summed E-state index contributed by atoms with van der Waals surface area (Å²) in [6.45, 7) is 9.02. The zero-order valence-electron chi connectivity index (χ0n) is 30.0. The predicted molar refractivity (Wildman–Crippen MR) is 185 cm³/mol. The van der Waals surface area contributed by atoms with E-state index in [9.17, 15) is 9.59 Å². The summed E-state index contributed by atoms with van der Waals surface area (Å²) in [7, 11) is 0. The molecule has 0 aliphatic carbocycles. The van der Waals surface area contributed by atoms with Gasteiger partial charge in [-0.2, -0.15) is 12.8 Å². The third kappa shape index (κ3) is 64.8. The number of hydrogen-bond acceptors (Lipinski definition) is 5. The third-order valence-corrected chi connectivity index (χ3v) is 7.72. The first-order valence-corrected chi connectivity index (χ1v) is 19.6. The van der Waals surface area contributed by atoms with Gasteiger partial charge < -0.3 is 19.8 Å². The molecule has 44 heavy (non-hydrogen) atoms. The second-order valence-electron chi connectivity index (χ2n) is 13.1. The van der Waals surface area contributed by atoms with Gasteiger partial charge in [0.2, 0.25) is 0 Å². The minimum absolute atomic E-state index is 0.125. The van der Waals surface area contributed by atoms with Gasteiger partial charge in [0.25, 0.3) is 0 Å². The third-order valence-electron chi connectivity index (χ3n) is 7.72. The fraction of sp³-hybridized carbons (Fsp3) is 0.947. The van der Waals surface area contributed by atoms with Gasteiger partial charge in [-0.15, -0.1) is 0 Å². The van der Waals surface area contributed by atoms with Crippen molar-refractivity contribution in [3.05, 3.63) is 0 Å². The van der Waals surface area contributed by atoms with Crippen molar-refractivity contribution >= 4 is 12.6 Å². The summed E-state index contributed by atoms with van der Waals surface area (Å²) in [5.41, 5.74) is 0. The van der Waals surface area contributed by atoms with Crippen LogP contribution in [0.15, 0.2) is 0 Å². The van der Waals surface area contributed by atoms with Crippen LogP contribution in [0.5, 0.6) is 0 Å². The summed E-state index contributed by atoms with van der Waals surface area (Å²) in [6.07, 6.45) is 40.6. The van der Waals surface area contributed by atoms with Gasteiger partial charge in [-0.25, -0.2) is 0 Å². The molecule has 0 atom stereocenters. The molecule has 0 spiro atoms. The van der Waals surface area contributed by atoms with Crippen LogP contribution in [0.1, 0.15) is 207 Å². The first-order valence-electron chi connectivity index (χ1n) is 18.6. The average Bonchev–Trinajstić information content (AvgIpc) is 3.02. The Morgan fingerprint density at radius 1 is 0.386 bits per heavy atom. The molecule has 6 heteroatoms. The Morgan fingerprint density at radius 3 is 0.727 bits per heavy atom. The second kappa shape index (κ2) is 52.5. The van der Waals surface area contributed by atoms with Crippen LogP contribution < -0.4 is 0 Å². The molecule has 0 saturated heterocycles. The molecule has 0 aromatic carbocycles. The summed E-state index contributed by atoms with van der Waals surface area (Å²) >= 11 is 0.300. The first-order chi connectivity index (χ1) is 21.5.